The Labute approximate surface area is 236 Å². The van der Waals surface area contributed by atoms with Crippen molar-refractivity contribution in [2.75, 3.05) is 44.7 Å². The van der Waals surface area contributed by atoms with E-state index in [1.807, 2.05) is 11.5 Å². The standard InChI is InChI=1S/C28H31ClN6O5/c1-3-24(36)34-9-5-4-6-20(17-34)35-25-22(29)15-21(40-28(38)33-10-12-39-13-11-33)16-23(25)31-27(35)32-26(37)19-7-8-30-18(2)14-19/h3,7-8,14-16,20H,1,4-6,9-13,17H2,2H3,(H,31,32,37)/t20-/m1/s1. The van der Waals surface area contributed by atoms with E-state index < -0.39 is 6.09 Å². The second kappa shape index (κ2) is 12.1. The van der Waals surface area contributed by atoms with E-state index in [0.717, 1.165) is 19.3 Å². The molecule has 11 nitrogen and oxygen atoms in total. The minimum atomic E-state index is -0.498. The molecule has 1 atom stereocenters. The number of ether oxygens (including phenoxy) is 2. The third-order valence-electron chi connectivity index (χ3n) is 7.07. The van der Waals surface area contributed by atoms with Gasteiger partial charge in [-0.05, 0) is 44.4 Å². The van der Waals surface area contributed by atoms with Gasteiger partial charge in [0.1, 0.15) is 5.75 Å². The zero-order valence-electron chi connectivity index (χ0n) is 22.3. The number of halogens is 1. The number of aromatic nitrogens is 3. The number of pyridine rings is 1. The van der Waals surface area contributed by atoms with Crippen LogP contribution in [0.2, 0.25) is 5.02 Å². The van der Waals surface area contributed by atoms with Crippen LogP contribution in [0.5, 0.6) is 5.75 Å². The van der Waals surface area contributed by atoms with Crippen LogP contribution in [0.3, 0.4) is 0 Å². The zero-order valence-corrected chi connectivity index (χ0v) is 23.0. The number of imidazole rings is 1. The highest BCUT2D eigenvalue weighted by Gasteiger charge is 2.28. The number of morpholine rings is 1. The van der Waals surface area contributed by atoms with Crippen molar-refractivity contribution in [2.45, 2.75) is 32.2 Å². The molecule has 2 aliphatic heterocycles. The maximum absolute atomic E-state index is 13.2. The van der Waals surface area contributed by atoms with Gasteiger partial charge >= 0.3 is 6.09 Å². The first-order valence-corrected chi connectivity index (χ1v) is 13.6. The van der Waals surface area contributed by atoms with Crippen molar-refractivity contribution in [3.05, 3.63) is 59.4 Å². The number of likely N-dealkylation sites (tertiary alicyclic amines) is 1. The SMILES string of the molecule is C=CC(=O)N1CCCC[C@@H](n2c(NC(=O)c3ccnc(C)c3)nc3cc(OC(=O)N4CCOCC4)cc(Cl)c32)C1. The molecule has 5 rings (SSSR count). The summed E-state index contributed by atoms with van der Waals surface area (Å²) in [5.74, 6) is 0.0129. The molecule has 0 spiro atoms. The van der Waals surface area contributed by atoms with Gasteiger partial charge < -0.3 is 23.8 Å². The maximum Gasteiger partial charge on any atom is 0.415 e. The number of amides is 3. The fourth-order valence-electron chi connectivity index (χ4n) is 5.09. The van der Waals surface area contributed by atoms with Gasteiger partial charge in [0.05, 0.1) is 35.3 Å². The van der Waals surface area contributed by atoms with Crippen molar-refractivity contribution in [3.8, 4) is 5.75 Å². The van der Waals surface area contributed by atoms with Gasteiger partial charge in [-0.25, -0.2) is 9.78 Å². The minimum absolute atomic E-state index is 0.155. The molecule has 0 bridgehead atoms. The predicted octanol–water partition coefficient (Wildman–Crippen LogP) is 4.22. The molecule has 12 heteroatoms. The molecule has 1 aromatic carbocycles. The Morgan fingerprint density at radius 3 is 2.70 bits per heavy atom. The molecule has 2 aromatic heterocycles. The monoisotopic (exact) mass is 566 g/mol. The van der Waals surface area contributed by atoms with Gasteiger partial charge in [0, 0.05) is 55.8 Å². The Kier molecular flexibility index (Phi) is 8.32. The Hall–Kier alpha value is -3.96. The van der Waals surface area contributed by atoms with Crippen molar-refractivity contribution < 1.29 is 23.9 Å². The van der Waals surface area contributed by atoms with Crippen LogP contribution < -0.4 is 10.1 Å². The summed E-state index contributed by atoms with van der Waals surface area (Å²) < 4.78 is 12.8. The molecule has 0 unspecified atom stereocenters. The molecular weight excluding hydrogens is 536 g/mol. The predicted molar refractivity (Wildman–Crippen MR) is 150 cm³/mol. The summed E-state index contributed by atoms with van der Waals surface area (Å²) in [4.78, 5) is 50.7. The van der Waals surface area contributed by atoms with Crippen LogP contribution in [-0.2, 0) is 9.53 Å². The van der Waals surface area contributed by atoms with Crippen molar-refractivity contribution in [1.29, 1.82) is 0 Å². The number of aryl methyl sites for hydroxylation is 1. The van der Waals surface area contributed by atoms with Gasteiger partial charge in [0.15, 0.2) is 0 Å². The van der Waals surface area contributed by atoms with Crippen LogP contribution in [0.1, 0.15) is 41.4 Å². The van der Waals surface area contributed by atoms with Crippen LogP contribution in [0, 0.1) is 6.92 Å². The van der Waals surface area contributed by atoms with E-state index in [1.54, 1.807) is 40.3 Å². The number of fused-ring (bicyclic) bond motifs is 1. The van der Waals surface area contributed by atoms with E-state index in [-0.39, 0.29) is 29.6 Å². The van der Waals surface area contributed by atoms with Gasteiger partial charge in [-0.3, -0.25) is 19.9 Å². The van der Waals surface area contributed by atoms with Crippen molar-refractivity contribution in [2.24, 2.45) is 0 Å². The largest absolute Gasteiger partial charge is 0.415 e. The summed E-state index contributed by atoms with van der Waals surface area (Å²) >= 11 is 6.81. The molecule has 3 aromatic rings. The molecule has 1 N–H and O–H groups in total. The average molecular weight is 567 g/mol. The third kappa shape index (κ3) is 5.95. The summed E-state index contributed by atoms with van der Waals surface area (Å²) in [7, 11) is 0. The van der Waals surface area contributed by atoms with Crippen LogP contribution in [0.15, 0.2) is 43.1 Å². The number of hydrogen-bond donors (Lipinski definition) is 1. The highest BCUT2D eigenvalue weighted by atomic mass is 35.5. The van der Waals surface area contributed by atoms with Crippen molar-refractivity contribution in [3.63, 3.8) is 0 Å². The summed E-state index contributed by atoms with van der Waals surface area (Å²) in [6.45, 7) is 8.24. The molecule has 2 saturated heterocycles. The lowest BCUT2D eigenvalue weighted by Gasteiger charge is -2.26. The first-order chi connectivity index (χ1) is 19.3. The quantitative estimate of drug-likeness (QED) is 0.459. The van der Waals surface area contributed by atoms with Crippen LogP contribution in [-0.4, -0.2) is 81.6 Å². The zero-order chi connectivity index (χ0) is 28.2. The number of hydrogen-bond acceptors (Lipinski definition) is 7. The highest BCUT2D eigenvalue weighted by Crippen LogP contribution is 2.36. The number of carbonyl (C=O) groups excluding carboxylic acids is 3. The Morgan fingerprint density at radius 2 is 1.95 bits per heavy atom. The molecule has 3 amide bonds. The van der Waals surface area contributed by atoms with E-state index in [1.165, 1.54) is 6.08 Å². The van der Waals surface area contributed by atoms with E-state index >= 15 is 0 Å². The second-order valence-corrected chi connectivity index (χ2v) is 10.2. The van der Waals surface area contributed by atoms with Gasteiger partial charge in [-0.2, -0.15) is 0 Å². The maximum atomic E-state index is 13.2. The molecule has 0 saturated carbocycles. The van der Waals surface area contributed by atoms with Crippen LogP contribution >= 0.6 is 11.6 Å². The molecular formula is C28H31ClN6O5. The third-order valence-corrected chi connectivity index (χ3v) is 7.36. The van der Waals surface area contributed by atoms with Gasteiger partial charge in [-0.15, -0.1) is 0 Å². The van der Waals surface area contributed by atoms with Gasteiger partial charge in [-0.1, -0.05) is 18.2 Å². The topological polar surface area (TPSA) is 119 Å². The normalized spacial score (nSPS) is 17.8. The summed E-state index contributed by atoms with van der Waals surface area (Å²) in [5, 5.41) is 3.24. The lowest BCUT2D eigenvalue weighted by atomic mass is 10.1. The second-order valence-electron chi connectivity index (χ2n) is 9.82. The molecule has 0 aliphatic carbocycles. The van der Waals surface area contributed by atoms with E-state index in [0.29, 0.717) is 66.7 Å². The number of nitrogens with one attached hydrogen (secondary N) is 1. The number of carbonyl (C=O) groups is 3. The average Bonchev–Trinajstić information content (AvgIpc) is 3.13. The van der Waals surface area contributed by atoms with Crippen molar-refractivity contribution >= 4 is 46.5 Å². The first kappa shape index (κ1) is 27.6. The number of nitrogens with zero attached hydrogens (tertiary/aromatic N) is 5. The first-order valence-electron chi connectivity index (χ1n) is 13.3. The lowest BCUT2D eigenvalue weighted by molar-refractivity contribution is -0.126. The molecule has 2 fully saturated rings. The smallest absolute Gasteiger partial charge is 0.410 e. The molecule has 4 heterocycles. The number of anilines is 1. The van der Waals surface area contributed by atoms with Crippen LogP contribution in [0.4, 0.5) is 10.7 Å². The van der Waals surface area contributed by atoms with E-state index in [2.05, 4.69) is 16.9 Å². The number of rotatable bonds is 5. The Bertz CT molecular complexity index is 1450. The Morgan fingerprint density at radius 1 is 1.15 bits per heavy atom. The van der Waals surface area contributed by atoms with E-state index in [9.17, 15) is 14.4 Å². The Balaban J connectivity index is 1.53. The van der Waals surface area contributed by atoms with Gasteiger partial charge in [0.25, 0.3) is 5.91 Å². The highest BCUT2D eigenvalue weighted by molar-refractivity contribution is 6.35. The number of benzene rings is 1. The van der Waals surface area contributed by atoms with Crippen molar-refractivity contribution in [1.82, 2.24) is 24.3 Å². The molecule has 40 heavy (non-hydrogen) atoms. The molecule has 0 radical (unpaired) electrons. The summed E-state index contributed by atoms with van der Waals surface area (Å²) in [6.07, 6.45) is 4.84. The summed E-state index contributed by atoms with van der Waals surface area (Å²) in [6, 6.07) is 6.30. The summed E-state index contributed by atoms with van der Waals surface area (Å²) in [5.41, 5.74) is 2.16. The molecule has 2 aliphatic rings. The lowest BCUT2D eigenvalue weighted by Crippen LogP contribution is -2.42. The fourth-order valence-corrected chi connectivity index (χ4v) is 5.39. The molecule has 210 valence electrons. The van der Waals surface area contributed by atoms with Gasteiger partial charge in [0.2, 0.25) is 11.9 Å². The minimum Gasteiger partial charge on any atom is -0.410 e. The van der Waals surface area contributed by atoms with E-state index in [4.69, 9.17) is 26.1 Å². The fraction of sp³-hybridized carbons (Fsp3) is 0.393. The van der Waals surface area contributed by atoms with Crippen LogP contribution in [0.25, 0.3) is 11.0 Å².